The van der Waals surface area contributed by atoms with Gasteiger partial charge in [0, 0.05) is 32.0 Å². The smallest absolute Gasteiger partial charge is 0.0402 e. The SMILES string of the molecule is CC1(C)c2ccccc2-c2ccc3c(sc4c5c(ccc43)-c3ccccc3C5)c21. The summed E-state index contributed by atoms with van der Waals surface area (Å²) in [6.07, 6.45) is 1.06. The van der Waals surface area contributed by atoms with Crippen molar-refractivity contribution in [3.05, 3.63) is 95.1 Å². The van der Waals surface area contributed by atoms with E-state index in [9.17, 15) is 0 Å². The average molecular weight is 389 g/mol. The number of benzene rings is 4. The van der Waals surface area contributed by atoms with Crippen LogP contribution in [0.5, 0.6) is 0 Å². The van der Waals surface area contributed by atoms with Crippen molar-refractivity contribution in [2.45, 2.75) is 25.7 Å². The molecule has 0 saturated carbocycles. The number of hydrogen-bond acceptors (Lipinski definition) is 1. The van der Waals surface area contributed by atoms with Crippen LogP contribution < -0.4 is 0 Å². The quantitative estimate of drug-likeness (QED) is 0.248. The van der Waals surface area contributed by atoms with Crippen molar-refractivity contribution in [3.8, 4) is 22.3 Å². The lowest BCUT2D eigenvalue weighted by Gasteiger charge is -2.22. The van der Waals surface area contributed by atoms with E-state index in [1.807, 2.05) is 11.3 Å². The zero-order valence-electron chi connectivity index (χ0n) is 16.5. The van der Waals surface area contributed by atoms with Gasteiger partial charge in [-0.1, -0.05) is 86.6 Å². The monoisotopic (exact) mass is 388 g/mol. The minimum atomic E-state index is 0.0401. The first-order chi connectivity index (χ1) is 14.1. The summed E-state index contributed by atoms with van der Waals surface area (Å²) in [7, 11) is 0. The molecule has 5 aromatic rings. The van der Waals surface area contributed by atoms with E-state index in [0.29, 0.717) is 0 Å². The van der Waals surface area contributed by atoms with E-state index in [1.165, 1.54) is 64.7 Å². The van der Waals surface area contributed by atoms with Crippen LogP contribution in [-0.2, 0) is 11.8 Å². The van der Waals surface area contributed by atoms with Crippen LogP contribution in [0.1, 0.15) is 36.1 Å². The van der Waals surface area contributed by atoms with E-state index < -0.39 is 0 Å². The Morgan fingerprint density at radius 1 is 0.655 bits per heavy atom. The number of fused-ring (bicyclic) bond motifs is 11. The summed E-state index contributed by atoms with van der Waals surface area (Å²) in [6, 6.07) is 27.3. The van der Waals surface area contributed by atoms with Crippen molar-refractivity contribution < 1.29 is 0 Å². The highest BCUT2D eigenvalue weighted by molar-refractivity contribution is 7.26. The maximum absolute atomic E-state index is 2.39. The summed E-state index contributed by atoms with van der Waals surface area (Å²) in [5.41, 5.74) is 11.7. The molecular weight excluding hydrogens is 368 g/mol. The van der Waals surface area contributed by atoms with Gasteiger partial charge in [-0.25, -0.2) is 0 Å². The molecule has 0 radical (unpaired) electrons. The van der Waals surface area contributed by atoms with Gasteiger partial charge in [0.05, 0.1) is 0 Å². The van der Waals surface area contributed by atoms with Crippen molar-refractivity contribution in [3.63, 3.8) is 0 Å². The van der Waals surface area contributed by atoms with Gasteiger partial charge >= 0.3 is 0 Å². The molecule has 0 unspecified atom stereocenters. The Hall–Kier alpha value is -2.90. The third kappa shape index (κ3) is 1.85. The molecule has 2 aliphatic rings. The van der Waals surface area contributed by atoms with Crippen molar-refractivity contribution in [1.29, 1.82) is 0 Å². The second kappa shape index (κ2) is 5.17. The van der Waals surface area contributed by atoms with Crippen molar-refractivity contribution in [2.24, 2.45) is 0 Å². The molecule has 4 aromatic carbocycles. The fourth-order valence-corrected chi connectivity index (χ4v) is 7.31. The molecule has 0 amide bonds. The largest absolute Gasteiger partial charge is 0.135 e. The molecule has 0 atom stereocenters. The molecule has 29 heavy (non-hydrogen) atoms. The van der Waals surface area contributed by atoms with E-state index in [-0.39, 0.29) is 5.41 Å². The van der Waals surface area contributed by atoms with E-state index in [2.05, 4.69) is 86.6 Å². The fraction of sp³-hybridized carbons (Fsp3) is 0.143. The first-order valence-electron chi connectivity index (χ1n) is 10.3. The van der Waals surface area contributed by atoms with Crippen molar-refractivity contribution >= 4 is 31.5 Å². The third-order valence-corrected chi connectivity index (χ3v) is 8.40. The number of hydrogen-bond donors (Lipinski definition) is 0. The van der Waals surface area contributed by atoms with Gasteiger partial charge < -0.3 is 0 Å². The lowest BCUT2D eigenvalue weighted by molar-refractivity contribution is 0.667. The molecule has 7 rings (SSSR count). The van der Waals surface area contributed by atoms with Gasteiger partial charge in [-0.2, -0.15) is 0 Å². The molecule has 0 N–H and O–H groups in total. The molecule has 0 bridgehead atoms. The summed E-state index contributed by atoms with van der Waals surface area (Å²) >= 11 is 2.02. The predicted molar refractivity (Wildman–Crippen MR) is 125 cm³/mol. The van der Waals surface area contributed by atoms with Crippen LogP contribution in [0.3, 0.4) is 0 Å². The predicted octanol–water partition coefficient (Wildman–Crippen LogP) is 7.93. The summed E-state index contributed by atoms with van der Waals surface area (Å²) in [6.45, 7) is 4.78. The van der Waals surface area contributed by atoms with Crippen LogP contribution in [0.2, 0.25) is 0 Å². The Balaban J connectivity index is 1.58. The number of rotatable bonds is 0. The summed E-state index contributed by atoms with van der Waals surface area (Å²) in [5.74, 6) is 0. The Kier molecular flexibility index (Phi) is 2.85. The van der Waals surface area contributed by atoms with Gasteiger partial charge in [-0.05, 0) is 44.5 Å². The zero-order chi connectivity index (χ0) is 19.3. The zero-order valence-corrected chi connectivity index (χ0v) is 17.4. The number of thiophene rings is 1. The fourth-order valence-electron chi connectivity index (χ4n) is 5.76. The Labute approximate surface area is 174 Å². The molecular formula is C28H20S. The van der Waals surface area contributed by atoms with E-state index >= 15 is 0 Å². The standard InChI is InChI=1S/C28H20S/c1-28(2)24-10-6-5-9-19(24)20-12-14-22-21-13-11-18-17-8-4-3-7-16(17)15-23(18)26(21)29-27(22)25(20)28/h3-14H,15H2,1-2H3. The summed E-state index contributed by atoms with van der Waals surface area (Å²) in [5, 5.41) is 2.84. The van der Waals surface area contributed by atoms with Gasteiger partial charge in [0.2, 0.25) is 0 Å². The van der Waals surface area contributed by atoms with Crippen LogP contribution in [0.15, 0.2) is 72.8 Å². The van der Waals surface area contributed by atoms with Crippen LogP contribution in [0.4, 0.5) is 0 Å². The highest BCUT2D eigenvalue weighted by Crippen LogP contribution is 2.54. The summed E-state index contributed by atoms with van der Waals surface area (Å²) in [4.78, 5) is 0. The van der Waals surface area contributed by atoms with E-state index in [4.69, 9.17) is 0 Å². The normalized spacial score (nSPS) is 15.4. The van der Waals surface area contributed by atoms with Gasteiger partial charge in [0.25, 0.3) is 0 Å². The molecule has 0 aliphatic heterocycles. The van der Waals surface area contributed by atoms with Crippen LogP contribution >= 0.6 is 11.3 Å². The Bertz CT molecular complexity index is 1500. The van der Waals surface area contributed by atoms with Crippen LogP contribution in [0.25, 0.3) is 42.4 Å². The van der Waals surface area contributed by atoms with Gasteiger partial charge in [-0.15, -0.1) is 11.3 Å². The van der Waals surface area contributed by atoms with E-state index in [1.54, 1.807) is 0 Å². The third-order valence-electron chi connectivity index (χ3n) is 7.10. The topological polar surface area (TPSA) is 0 Å². The van der Waals surface area contributed by atoms with Crippen LogP contribution in [-0.4, -0.2) is 0 Å². The molecule has 0 fully saturated rings. The molecule has 0 saturated heterocycles. The molecule has 1 heteroatoms. The highest BCUT2D eigenvalue weighted by Gasteiger charge is 2.37. The molecule has 0 spiro atoms. The lowest BCUT2D eigenvalue weighted by atomic mass is 9.82. The maximum atomic E-state index is 2.39. The average Bonchev–Trinajstić information content (AvgIpc) is 3.37. The maximum Gasteiger partial charge on any atom is 0.0402 e. The minimum absolute atomic E-state index is 0.0401. The van der Waals surface area contributed by atoms with E-state index in [0.717, 1.165) is 6.42 Å². The highest BCUT2D eigenvalue weighted by atomic mass is 32.1. The second-order valence-corrected chi connectivity index (χ2v) is 9.96. The molecule has 0 nitrogen and oxygen atoms in total. The second-order valence-electron chi connectivity index (χ2n) is 8.94. The summed E-state index contributed by atoms with van der Waals surface area (Å²) < 4.78 is 2.96. The minimum Gasteiger partial charge on any atom is -0.135 e. The van der Waals surface area contributed by atoms with Crippen molar-refractivity contribution in [1.82, 2.24) is 0 Å². The Morgan fingerprint density at radius 2 is 1.34 bits per heavy atom. The van der Waals surface area contributed by atoms with Gasteiger partial charge in [-0.3, -0.25) is 0 Å². The first kappa shape index (κ1) is 16.0. The first-order valence-corrected chi connectivity index (χ1v) is 11.2. The molecule has 138 valence electrons. The molecule has 1 aromatic heterocycles. The van der Waals surface area contributed by atoms with Crippen LogP contribution in [0, 0.1) is 0 Å². The molecule has 2 aliphatic carbocycles. The molecule has 1 heterocycles. The van der Waals surface area contributed by atoms with Crippen molar-refractivity contribution in [2.75, 3.05) is 0 Å². The lowest BCUT2D eigenvalue weighted by Crippen LogP contribution is -2.14. The van der Waals surface area contributed by atoms with Gasteiger partial charge in [0.15, 0.2) is 0 Å². The Morgan fingerprint density at radius 3 is 2.21 bits per heavy atom. The van der Waals surface area contributed by atoms with Gasteiger partial charge in [0.1, 0.15) is 0 Å².